The molecule has 0 radical (unpaired) electrons. The van der Waals surface area contributed by atoms with Crippen LogP contribution in [0.5, 0.6) is 0 Å². The van der Waals surface area contributed by atoms with E-state index in [-0.39, 0.29) is 40.4 Å². The molecule has 3 heterocycles. The summed E-state index contributed by atoms with van der Waals surface area (Å²) in [7, 11) is 0. The lowest BCUT2D eigenvalue weighted by molar-refractivity contribution is 0.864. The molecule has 0 aliphatic carbocycles. The molecule has 0 N–H and O–H groups in total. The Kier molecular flexibility index (Phi) is 11.2. The van der Waals surface area contributed by atoms with Crippen molar-refractivity contribution >= 4 is 73.3 Å². The maximum Gasteiger partial charge on any atom is 0.252 e. The van der Waals surface area contributed by atoms with Gasteiger partial charge in [-0.3, -0.25) is 0 Å². The molecule has 13 aromatic carbocycles. The molecule has 2 aliphatic rings. The van der Waals surface area contributed by atoms with Crippen LogP contribution in [-0.4, -0.2) is 11.3 Å². The molecule has 0 amide bonds. The van der Waals surface area contributed by atoms with Gasteiger partial charge in [0.25, 0.3) is 6.71 Å². The SMILES string of the molecule is [2H]c1c([2H])c([2H])c2c(c1[2H])c1c([2H])c([2H])c([2H])c([2H])c1n2Cc1cc2c3c(c1)N(Cc1c(-c4ccccc4)cccc1-c1ccccc1)c1ccc(-c4cccc([N+]#[C-])c4)cc1B3c1cc(-c3cccc(C#N)c3)ccc1N2Cc1c(-c2ccccc2)cccc1-c1ccccc1. The van der Waals surface area contributed by atoms with Gasteiger partial charge in [-0.05, 0) is 154 Å². The average Bonchev–Trinajstić information content (AvgIpc) is 1.59. The van der Waals surface area contributed by atoms with Crippen LogP contribution in [0.3, 0.4) is 0 Å². The van der Waals surface area contributed by atoms with Gasteiger partial charge in [0.1, 0.15) is 0 Å². The number of hydrogen-bond donors (Lipinski definition) is 0. The number of anilines is 4. The van der Waals surface area contributed by atoms with E-state index >= 15 is 0 Å². The van der Waals surface area contributed by atoms with Crippen LogP contribution in [0.15, 0.2) is 303 Å². The van der Waals surface area contributed by atoms with Gasteiger partial charge in [-0.2, -0.15) is 5.26 Å². The van der Waals surface area contributed by atoms with Crippen LogP contribution in [0, 0.1) is 17.9 Å². The predicted molar refractivity (Wildman–Crippen MR) is 371 cm³/mol. The van der Waals surface area contributed by atoms with E-state index in [1.807, 2.05) is 72.8 Å². The molecule has 0 fully saturated rings. The van der Waals surface area contributed by atoms with Gasteiger partial charge in [-0.25, -0.2) is 4.85 Å². The normalized spacial score (nSPS) is 13.3. The fraction of sp³-hybridized carbons (Fsp3) is 0.0361. The highest BCUT2D eigenvalue weighted by Crippen LogP contribution is 2.46. The van der Waals surface area contributed by atoms with Gasteiger partial charge in [0.15, 0.2) is 5.69 Å². The average molecular weight is 1140 g/mol. The van der Waals surface area contributed by atoms with E-state index < -0.39 is 43.0 Å². The molecular weight excluding hydrogens is 1080 g/mol. The molecule has 2 aliphatic heterocycles. The number of nitriles is 1. The van der Waals surface area contributed by atoms with Crippen molar-refractivity contribution in [2.45, 2.75) is 19.6 Å². The third-order valence-electron chi connectivity index (χ3n) is 17.7. The minimum absolute atomic E-state index is 0.0178. The fourth-order valence-corrected chi connectivity index (χ4v) is 13.8. The first-order valence-electron chi connectivity index (χ1n) is 33.8. The molecule has 0 saturated carbocycles. The zero-order chi connectivity index (χ0) is 66.3. The number of nitrogens with zero attached hydrogens (tertiary/aromatic N) is 5. The van der Waals surface area contributed by atoms with Crippen molar-refractivity contribution < 1.29 is 11.0 Å². The second kappa shape index (κ2) is 22.3. The minimum Gasteiger partial charge on any atom is -0.338 e. The monoisotopic (exact) mass is 1140 g/mol. The smallest absolute Gasteiger partial charge is 0.252 e. The second-order valence-electron chi connectivity index (χ2n) is 22.7. The summed E-state index contributed by atoms with van der Waals surface area (Å²) >= 11 is 0. The fourth-order valence-electron chi connectivity index (χ4n) is 13.8. The Morgan fingerprint density at radius 1 is 0.393 bits per heavy atom. The highest BCUT2D eigenvalue weighted by molar-refractivity contribution is 7.00. The third-order valence-corrected chi connectivity index (χ3v) is 17.7. The molecule has 89 heavy (non-hydrogen) atoms. The van der Waals surface area contributed by atoms with Crippen LogP contribution < -0.4 is 26.2 Å². The zero-order valence-electron chi connectivity index (χ0n) is 56.2. The zero-order valence-corrected chi connectivity index (χ0v) is 48.2. The molecule has 14 aromatic rings. The molecular formula is C83H56BN5. The molecule has 0 saturated heterocycles. The number of rotatable bonds is 12. The number of aromatic nitrogens is 1. The first-order valence-corrected chi connectivity index (χ1v) is 29.8. The van der Waals surface area contributed by atoms with Crippen molar-refractivity contribution in [1.82, 2.24) is 4.57 Å². The summed E-state index contributed by atoms with van der Waals surface area (Å²) in [6.07, 6.45) is 0. The van der Waals surface area contributed by atoms with E-state index in [1.54, 1.807) is 4.57 Å². The van der Waals surface area contributed by atoms with Gasteiger partial charge in [-0.1, -0.05) is 249 Å². The molecule has 5 nitrogen and oxygen atoms in total. The number of benzene rings is 13. The molecule has 0 bridgehead atoms. The van der Waals surface area contributed by atoms with Crippen LogP contribution in [0.4, 0.5) is 28.4 Å². The highest BCUT2D eigenvalue weighted by atomic mass is 15.2. The van der Waals surface area contributed by atoms with Crippen LogP contribution in [0.2, 0.25) is 0 Å². The maximum atomic E-state index is 10.3. The lowest BCUT2D eigenvalue weighted by Gasteiger charge is -2.45. The Hall–Kier alpha value is -11.7. The number of fused-ring (bicyclic) bond motifs is 7. The minimum atomic E-state index is -0.503. The summed E-state index contributed by atoms with van der Waals surface area (Å²) < 4.78 is 75.9. The van der Waals surface area contributed by atoms with Crippen LogP contribution in [0.25, 0.3) is 93.4 Å². The Labute approximate surface area is 530 Å². The van der Waals surface area contributed by atoms with Gasteiger partial charge in [-0.15, -0.1) is 0 Å². The Bertz CT molecular complexity index is 5200. The summed E-state index contributed by atoms with van der Waals surface area (Å²) in [4.78, 5) is 8.70. The highest BCUT2D eigenvalue weighted by Gasteiger charge is 2.44. The predicted octanol–water partition coefficient (Wildman–Crippen LogP) is 19.1. The van der Waals surface area contributed by atoms with Crippen molar-refractivity contribution in [2.24, 2.45) is 0 Å². The van der Waals surface area contributed by atoms with Gasteiger partial charge < -0.3 is 14.4 Å². The van der Waals surface area contributed by atoms with Gasteiger partial charge in [0.2, 0.25) is 0 Å². The molecule has 1 aromatic heterocycles. The third kappa shape index (κ3) is 9.35. The second-order valence-corrected chi connectivity index (χ2v) is 22.7. The van der Waals surface area contributed by atoms with E-state index in [9.17, 15) is 10.7 Å². The summed E-state index contributed by atoms with van der Waals surface area (Å²) in [5, 5.41) is 10.4. The van der Waals surface area contributed by atoms with Crippen molar-refractivity contribution in [3.8, 4) is 72.8 Å². The first kappa shape index (κ1) is 44.7. The first-order chi connectivity index (χ1) is 47.4. The quantitative estimate of drug-likeness (QED) is 0.0904. The van der Waals surface area contributed by atoms with E-state index in [4.69, 9.17) is 12.1 Å². The summed E-state index contributed by atoms with van der Waals surface area (Å²) in [6, 6.07) is 86.6. The standard InChI is InChI=1S/C83H56BN5/c1-86-66-33-19-32-63(49-66)65-43-45-80-76(51-65)84-75-50-64(62-31-18-22-56(46-62)52-85)42-44-79(75)88(54-73-67(58-23-6-2-7-24-58)36-20-37-68(73)59-25-8-3-9-26-59)81-47-57(53-87-77-40-16-14-34-71(77)72-35-15-17-41-78(72)87)48-82(83(81)84)89(80)55-74-69(60-27-10-4-11-28-60)38-21-39-70(74)61-29-12-5-13-30-61/h2-51H,53-55H2/i14D,15D,16D,17D,34D,35D,40D,41D. The lowest BCUT2D eigenvalue weighted by Crippen LogP contribution is -2.62. The largest absolute Gasteiger partial charge is 0.338 e. The van der Waals surface area contributed by atoms with Crippen molar-refractivity contribution in [1.29, 1.82) is 5.26 Å². The van der Waals surface area contributed by atoms with Gasteiger partial charge in [0.05, 0.1) is 29.2 Å². The van der Waals surface area contributed by atoms with Crippen LogP contribution >= 0.6 is 0 Å². The molecule has 6 heteroatoms. The van der Waals surface area contributed by atoms with E-state index in [0.717, 1.165) is 117 Å². The topological polar surface area (TPSA) is 39.6 Å². The van der Waals surface area contributed by atoms with Gasteiger partial charge in [0, 0.05) is 64.2 Å². The number of hydrogen-bond acceptors (Lipinski definition) is 3. The van der Waals surface area contributed by atoms with E-state index in [0.29, 0.717) is 29.9 Å². The van der Waals surface area contributed by atoms with E-state index in [2.05, 4.69) is 203 Å². The molecule has 416 valence electrons. The Morgan fingerprint density at radius 3 is 1.25 bits per heavy atom. The lowest BCUT2D eigenvalue weighted by atomic mass is 9.33. The summed E-state index contributed by atoms with van der Waals surface area (Å²) in [6.45, 7) is 8.24. The number of para-hydroxylation sites is 2. The summed E-state index contributed by atoms with van der Waals surface area (Å²) in [5.74, 6) is 0. The van der Waals surface area contributed by atoms with E-state index in [1.165, 1.54) is 0 Å². The Balaban J connectivity index is 1.05. The van der Waals surface area contributed by atoms with Crippen LogP contribution in [0.1, 0.15) is 33.2 Å². The molecule has 0 spiro atoms. The van der Waals surface area contributed by atoms with Crippen molar-refractivity contribution in [3.63, 3.8) is 0 Å². The van der Waals surface area contributed by atoms with Gasteiger partial charge >= 0.3 is 0 Å². The molecule has 16 rings (SSSR count). The Morgan fingerprint density at radius 2 is 0.798 bits per heavy atom. The molecule has 0 unspecified atom stereocenters. The summed E-state index contributed by atoms with van der Waals surface area (Å²) in [5.41, 5.74) is 22.5. The van der Waals surface area contributed by atoms with Crippen molar-refractivity contribution in [3.05, 3.63) is 337 Å². The maximum absolute atomic E-state index is 10.3. The van der Waals surface area contributed by atoms with Crippen molar-refractivity contribution in [2.75, 3.05) is 9.80 Å². The van der Waals surface area contributed by atoms with Crippen LogP contribution in [-0.2, 0) is 19.6 Å². The molecule has 0 atom stereocenters.